The first-order valence-corrected chi connectivity index (χ1v) is 7.24. The SMILES string of the molecule is Cc1cc(N)cc(S(=O)(=O)N2CCCC2C)c1. The van der Waals surface area contributed by atoms with Gasteiger partial charge < -0.3 is 5.73 Å². The molecule has 0 spiro atoms. The van der Waals surface area contributed by atoms with E-state index in [-0.39, 0.29) is 6.04 Å². The molecule has 0 radical (unpaired) electrons. The van der Waals surface area contributed by atoms with Gasteiger partial charge >= 0.3 is 0 Å². The van der Waals surface area contributed by atoms with Crippen molar-refractivity contribution in [2.45, 2.75) is 37.6 Å². The van der Waals surface area contributed by atoms with Crippen LogP contribution in [0, 0.1) is 6.92 Å². The number of benzene rings is 1. The fraction of sp³-hybridized carbons (Fsp3) is 0.500. The molecule has 1 aromatic rings. The summed E-state index contributed by atoms with van der Waals surface area (Å²) in [6.07, 6.45) is 1.86. The summed E-state index contributed by atoms with van der Waals surface area (Å²) in [4.78, 5) is 0.309. The number of nitrogens with two attached hydrogens (primary N) is 1. The zero-order valence-corrected chi connectivity index (χ0v) is 11.0. The van der Waals surface area contributed by atoms with Crippen molar-refractivity contribution in [1.29, 1.82) is 0 Å². The minimum Gasteiger partial charge on any atom is -0.399 e. The van der Waals surface area contributed by atoms with E-state index in [1.165, 1.54) is 6.07 Å². The molecule has 0 aliphatic carbocycles. The van der Waals surface area contributed by atoms with Gasteiger partial charge in [0.2, 0.25) is 10.0 Å². The molecule has 94 valence electrons. The van der Waals surface area contributed by atoms with Gasteiger partial charge in [-0.25, -0.2) is 8.42 Å². The summed E-state index contributed by atoms with van der Waals surface area (Å²) in [7, 11) is -3.38. The van der Waals surface area contributed by atoms with Gasteiger partial charge in [-0.05, 0) is 50.5 Å². The van der Waals surface area contributed by atoms with Crippen LogP contribution >= 0.6 is 0 Å². The van der Waals surface area contributed by atoms with Crippen LogP contribution in [0.5, 0.6) is 0 Å². The molecule has 1 aromatic carbocycles. The summed E-state index contributed by atoms with van der Waals surface area (Å²) < 4.78 is 26.4. The largest absolute Gasteiger partial charge is 0.399 e. The van der Waals surface area contributed by atoms with E-state index in [0.29, 0.717) is 17.1 Å². The van der Waals surface area contributed by atoms with Crippen LogP contribution in [0.25, 0.3) is 0 Å². The highest BCUT2D eigenvalue weighted by atomic mass is 32.2. The Labute approximate surface area is 102 Å². The quantitative estimate of drug-likeness (QED) is 0.818. The zero-order chi connectivity index (χ0) is 12.6. The fourth-order valence-corrected chi connectivity index (χ4v) is 4.16. The second-order valence-electron chi connectivity index (χ2n) is 4.69. The predicted molar refractivity (Wildman–Crippen MR) is 68.2 cm³/mol. The summed E-state index contributed by atoms with van der Waals surface area (Å²) in [5.41, 5.74) is 7.07. The van der Waals surface area contributed by atoms with E-state index in [1.807, 2.05) is 13.8 Å². The first-order valence-electron chi connectivity index (χ1n) is 5.80. The molecule has 1 fully saturated rings. The molecule has 1 saturated heterocycles. The maximum Gasteiger partial charge on any atom is 0.243 e. The van der Waals surface area contributed by atoms with Gasteiger partial charge in [-0.2, -0.15) is 4.31 Å². The van der Waals surface area contributed by atoms with E-state index < -0.39 is 10.0 Å². The van der Waals surface area contributed by atoms with Gasteiger partial charge in [-0.15, -0.1) is 0 Å². The van der Waals surface area contributed by atoms with Crippen molar-refractivity contribution in [3.05, 3.63) is 23.8 Å². The number of hydrogen-bond donors (Lipinski definition) is 1. The van der Waals surface area contributed by atoms with Gasteiger partial charge in [0.15, 0.2) is 0 Å². The maximum absolute atomic E-state index is 12.4. The Kier molecular flexibility index (Phi) is 3.14. The zero-order valence-electron chi connectivity index (χ0n) is 10.2. The third-order valence-corrected chi connectivity index (χ3v) is 5.16. The lowest BCUT2D eigenvalue weighted by Gasteiger charge is -2.21. The molecule has 2 rings (SSSR count). The first kappa shape index (κ1) is 12.4. The van der Waals surface area contributed by atoms with E-state index in [4.69, 9.17) is 5.73 Å². The van der Waals surface area contributed by atoms with Crippen LogP contribution in [0.15, 0.2) is 23.1 Å². The van der Waals surface area contributed by atoms with Gasteiger partial charge in [0, 0.05) is 18.3 Å². The molecule has 4 nitrogen and oxygen atoms in total. The van der Waals surface area contributed by atoms with Gasteiger partial charge in [0.1, 0.15) is 0 Å². The van der Waals surface area contributed by atoms with Crippen molar-refractivity contribution in [1.82, 2.24) is 4.31 Å². The van der Waals surface area contributed by atoms with Gasteiger partial charge in [-0.1, -0.05) is 0 Å². The third kappa shape index (κ3) is 2.30. The Balaban J connectivity index is 2.44. The van der Waals surface area contributed by atoms with Crippen molar-refractivity contribution in [2.75, 3.05) is 12.3 Å². The first-order chi connectivity index (χ1) is 7.91. The minimum atomic E-state index is -3.38. The van der Waals surface area contributed by atoms with Crippen molar-refractivity contribution in [3.8, 4) is 0 Å². The average Bonchev–Trinajstić information content (AvgIpc) is 2.63. The Bertz CT molecular complexity index is 505. The Morgan fingerprint density at radius 2 is 2.06 bits per heavy atom. The van der Waals surface area contributed by atoms with Crippen LogP contribution in [0.2, 0.25) is 0 Å². The minimum absolute atomic E-state index is 0.0849. The molecule has 1 heterocycles. The molecule has 1 atom stereocenters. The van der Waals surface area contributed by atoms with E-state index in [0.717, 1.165) is 18.4 Å². The van der Waals surface area contributed by atoms with Crippen LogP contribution in [0.1, 0.15) is 25.3 Å². The topological polar surface area (TPSA) is 63.4 Å². The van der Waals surface area contributed by atoms with E-state index in [9.17, 15) is 8.42 Å². The summed E-state index contributed by atoms with van der Waals surface area (Å²) >= 11 is 0. The number of anilines is 1. The number of sulfonamides is 1. The number of nitrogens with zero attached hydrogens (tertiary/aromatic N) is 1. The molecule has 1 unspecified atom stereocenters. The van der Waals surface area contributed by atoms with Crippen molar-refractivity contribution in [3.63, 3.8) is 0 Å². The van der Waals surface area contributed by atoms with Crippen LogP contribution in [-0.4, -0.2) is 25.3 Å². The van der Waals surface area contributed by atoms with Crippen molar-refractivity contribution < 1.29 is 8.42 Å². The lowest BCUT2D eigenvalue weighted by Crippen LogP contribution is -2.33. The van der Waals surface area contributed by atoms with Crippen LogP contribution in [0.3, 0.4) is 0 Å². The van der Waals surface area contributed by atoms with Gasteiger partial charge in [0.25, 0.3) is 0 Å². The summed E-state index contributed by atoms with van der Waals surface area (Å²) in [5.74, 6) is 0. The molecule has 2 N–H and O–H groups in total. The fourth-order valence-electron chi connectivity index (χ4n) is 2.32. The smallest absolute Gasteiger partial charge is 0.243 e. The number of aryl methyl sites for hydroxylation is 1. The lowest BCUT2D eigenvalue weighted by atomic mass is 10.2. The van der Waals surface area contributed by atoms with Crippen LogP contribution in [0.4, 0.5) is 5.69 Å². The van der Waals surface area contributed by atoms with E-state index in [1.54, 1.807) is 16.4 Å². The number of hydrogen-bond acceptors (Lipinski definition) is 3. The summed E-state index contributed by atoms with van der Waals surface area (Å²) in [6.45, 7) is 4.41. The van der Waals surface area contributed by atoms with E-state index in [2.05, 4.69) is 0 Å². The second-order valence-corrected chi connectivity index (χ2v) is 6.58. The summed E-state index contributed by atoms with van der Waals surface area (Å²) in [5, 5.41) is 0. The second kappa shape index (κ2) is 4.31. The highest BCUT2D eigenvalue weighted by Gasteiger charge is 2.32. The standard InChI is InChI=1S/C12H18N2O2S/c1-9-6-11(13)8-12(7-9)17(15,16)14-5-3-4-10(14)2/h6-8,10H,3-5,13H2,1-2H3. The molecular weight excluding hydrogens is 236 g/mol. The average molecular weight is 254 g/mol. The maximum atomic E-state index is 12.4. The van der Waals surface area contributed by atoms with Crippen LogP contribution in [-0.2, 0) is 10.0 Å². The normalized spacial score (nSPS) is 21.9. The molecule has 1 aliphatic heterocycles. The van der Waals surface area contributed by atoms with Crippen LogP contribution < -0.4 is 5.73 Å². The monoisotopic (exact) mass is 254 g/mol. The molecule has 17 heavy (non-hydrogen) atoms. The van der Waals surface area contributed by atoms with Gasteiger partial charge in [0.05, 0.1) is 4.90 Å². The highest BCUT2D eigenvalue weighted by molar-refractivity contribution is 7.89. The Morgan fingerprint density at radius 1 is 1.35 bits per heavy atom. The Hall–Kier alpha value is -1.07. The summed E-state index contributed by atoms with van der Waals surface area (Å²) in [6, 6.07) is 5.07. The number of rotatable bonds is 2. The third-order valence-electron chi connectivity index (χ3n) is 3.17. The molecule has 0 aromatic heterocycles. The van der Waals surface area contributed by atoms with Crippen molar-refractivity contribution in [2.24, 2.45) is 0 Å². The molecule has 0 bridgehead atoms. The van der Waals surface area contributed by atoms with Crippen molar-refractivity contribution >= 4 is 15.7 Å². The number of nitrogen functional groups attached to an aromatic ring is 1. The molecule has 5 heteroatoms. The molecule has 1 aliphatic rings. The lowest BCUT2D eigenvalue weighted by molar-refractivity contribution is 0.408. The Morgan fingerprint density at radius 3 is 2.59 bits per heavy atom. The molecule has 0 amide bonds. The van der Waals surface area contributed by atoms with Gasteiger partial charge in [-0.3, -0.25) is 0 Å². The predicted octanol–water partition coefficient (Wildman–Crippen LogP) is 1.75. The molecule has 0 saturated carbocycles. The highest BCUT2D eigenvalue weighted by Crippen LogP contribution is 2.27. The molecular formula is C12H18N2O2S. The van der Waals surface area contributed by atoms with E-state index >= 15 is 0 Å².